The molecule has 3 heteroatoms. The standard InChI is InChI=1S/C21H36N2O/c1-17(2)19(24)13-22-15-21(20(3,4)5)11-12-23(16-21)14-18-9-7-6-8-10-18/h6-10,17,19,22,24H,11-16H2,1-5H3. The molecule has 2 N–H and O–H groups in total. The summed E-state index contributed by atoms with van der Waals surface area (Å²) in [5.41, 5.74) is 1.90. The van der Waals surface area contributed by atoms with E-state index >= 15 is 0 Å². The highest BCUT2D eigenvalue weighted by Gasteiger charge is 2.46. The van der Waals surface area contributed by atoms with Crippen LogP contribution in [0.15, 0.2) is 30.3 Å². The molecule has 0 amide bonds. The maximum atomic E-state index is 10.1. The number of aliphatic hydroxyl groups excluding tert-OH is 1. The van der Waals surface area contributed by atoms with Crippen molar-refractivity contribution < 1.29 is 5.11 Å². The van der Waals surface area contributed by atoms with Gasteiger partial charge in [0, 0.05) is 31.6 Å². The summed E-state index contributed by atoms with van der Waals surface area (Å²) in [7, 11) is 0. The first-order valence-electron chi connectivity index (χ1n) is 9.39. The summed E-state index contributed by atoms with van der Waals surface area (Å²) in [5.74, 6) is 0.307. The van der Waals surface area contributed by atoms with Crippen molar-refractivity contribution in [2.75, 3.05) is 26.2 Å². The Hall–Kier alpha value is -0.900. The minimum atomic E-state index is -0.260. The van der Waals surface area contributed by atoms with Crippen LogP contribution in [0.1, 0.15) is 46.6 Å². The molecule has 3 nitrogen and oxygen atoms in total. The van der Waals surface area contributed by atoms with Crippen molar-refractivity contribution in [3.8, 4) is 0 Å². The highest BCUT2D eigenvalue weighted by molar-refractivity contribution is 5.15. The molecule has 0 aromatic heterocycles. The van der Waals surface area contributed by atoms with E-state index in [9.17, 15) is 5.11 Å². The van der Waals surface area contributed by atoms with Crippen LogP contribution in [0.5, 0.6) is 0 Å². The van der Waals surface area contributed by atoms with Crippen LogP contribution in [0.3, 0.4) is 0 Å². The summed E-state index contributed by atoms with van der Waals surface area (Å²) in [6.07, 6.45) is 0.956. The van der Waals surface area contributed by atoms with E-state index in [0.29, 0.717) is 12.5 Å². The molecule has 0 spiro atoms. The van der Waals surface area contributed by atoms with E-state index in [0.717, 1.165) is 26.2 Å². The third-order valence-corrected chi connectivity index (χ3v) is 5.86. The lowest BCUT2D eigenvalue weighted by atomic mass is 9.66. The lowest BCUT2D eigenvalue weighted by Gasteiger charge is -2.42. The Morgan fingerprint density at radius 2 is 1.88 bits per heavy atom. The van der Waals surface area contributed by atoms with E-state index in [4.69, 9.17) is 0 Å². The molecule has 2 atom stereocenters. The van der Waals surface area contributed by atoms with Gasteiger partial charge in [-0.3, -0.25) is 4.90 Å². The van der Waals surface area contributed by atoms with Gasteiger partial charge in [0.15, 0.2) is 0 Å². The number of hydrogen-bond acceptors (Lipinski definition) is 3. The molecule has 1 fully saturated rings. The fraction of sp³-hybridized carbons (Fsp3) is 0.714. The number of hydrogen-bond donors (Lipinski definition) is 2. The van der Waals surface area contributed by atoms with Crippen LogP contribution in [-0.4, -0.2) is 42.3 Å². The molecule has 1 aromatic carbocycles. The van der Waals surface area contributed by atoms with Gasteiger partial charge in [-0.15, -0.1) is 0 Å². The van der Waals surface area contributed by atoms with E-state index in [1.165, 1.54) is 12.0 Å². The van der Waals surface area contributed by atoms with Gasteiger partial charge in [-0.05, 0) is 29.9 Å². The summed E-state index contributed by atoms with van der Waals surface area (Å²) < 4.78 is 0. The minimum absolute atomic E-state index is 0.244. The Bertz CT molecular complexity index is 494. The van der Waals surface area contributed by atoms with Gasteiger partial charge < -0.3 is 10.4 Å². The fourth-order valence-electron chi connectivity index (χ4n) is 3.65. The molecule has 2 rings (SSSR count). The van der Waals surface area contributed by atoms with E-state index < -0.39 is 0 Å². The normalized spacial score (nSPS) is 23.8. The second-order valence-corrected chi connectivity index (χ2v) is 8.92. The lowest BCUT2D eigenvalue weighted by molar-refractivity contribution is 0.0754. The zero-order chi connectivity index (χ0) is 17.8. The van der Waals surface area contributed by atoms with Gasteiger partial charge in [0.2, 0.25) is 0 Å². The Morgan fingerprint density at radius 1 is 1.21 bits per heavy atom. The molecule has 1 aliphatic heterocycles. The summed E-state index contributed by atoms with van der Waals surface area (Å²) in [4.78, 5) is 2.58. The zero-order valence-electron chi connectivity index (χ0n) is 16.2. The summed E-state index contributed by atoms with van der Waals surface area (Å²) in [6.45, 7) is 16.2. The van der Waals surface area contributed by atoms with Crippen LogP contribution in [0.2, 0.25) is 0 Å². The van der Waals surface area contributed by atoms with E-state index in [2.05, 4.69) is 75.2 Å². The highest BCUT2D eigenvalue weighted by Crippen LogP contribution is 2.45. The Labute approximate surface area is 148 Å². The fourth-order valence-corrected chi connectivity index (χ4v) is 3.65. The van der Waals surface area contributed by atoms with Crippen LogP contribution in [-0.2, 0) is 6.54 Å². The smallest absolute Gasteiger partial charge is 0.0687 e. The Morgan fingerprint density at radius 3 is 2.46 bits per heavy atom. The molecule has 0 aliphatic carbocycles. The van der Waals surface area contributed by atoms with Gasteiger partial charge in [0.05, 0.1) is 6.10 Å². The molecule has 0 radical (unpaired) electrons. The molecule has 1 saturated heterocycles. The molecule has 1 aliphatic rings. The molecular weight excluding hydrogens is 296 g/mol. The van der Waals surface area contributed by atoms with Crippen molar-refractivity contribution in [1.29, 1.82) is 0 Å². The van der Waals surface area contributed by atoms with Gasteiger partial charge in [-0.2, -0.15) is 0 Å². The van der Waals surface area contributed by atoms with Crippen LogP contribution in [0.4, 0.5) is 0 Å². The minimum Gasteiger partial charge on any atom is -0.392 e. The first-order chi connectivity index (χ1) is 11.2. The molecule has 0 bridgehead atoms. The first-order valence-corrected chi connectivity index (χ1v) is 9.39. The van der Waals surface area contributed by atoms with Gasteiger partial charge in [0.25, 0.3) is 0 Å². The number of likely N-dealkylation sites (tertiary alicyclic amines) is 1. The molecular formula is C21H36N2O. The summed E-state index contributed by atoms with van der Waals surface area (Å²) in [6, 6.07) is 10.8. The van der Waals surface area contributed by atoms with E-state index in [1.54, 1.807) is 0 Å². The first kappa shape index (κ1) is 19.4. The molecule has 1 aromatic rings. The van der Waals surface area contributed by atoms with E-state index in [-0.39, 0.29) is 16.9 Å². The molecule has 24 heavy (non-hydrogen) atoms. The molecule has 2 unspecified atom stereocenters. The van der Waals surface area contributed by atoms with Crippen molar-refractivity contribution in [2.45, 2.75) is 53.7 Å². The van der Waals surface area contributed by atoms with Crippen molar-refractivity contribution in [1.82, 2.24) is 10.2 Å². The zero-order valence-corrected chi connectivity index (χ0v) is 16.2. The number of rotatable bonds is 7. The largest absolute Gasteiger partial charge is 0.392 e. The summed E-state index contributed by atoms with van der Waals surface area (Å²) >= 11 is 0. The third kappa shape index (κ3) is 4.81. The van der Waals surface area contributed by atoms with E-state index in [1.807, 2.05) is 0 Å². The van der Waals surface area contributed by atoms with Crippen LogP contribution in [0, 0.1) is 16.7 Å². The third-order valence-electron chi connectivity index (χ3n) is 5.86. The Kier molecular flexibility index (Phi) is 6.46. The van der Waals surface area contributed by atoms with Gasteiger partial charge in [-0.1, -0.05) is 65.0 Å². The SMILES string of the molecule is CC(C)C(O)CNCC1(C(C)(C)C)CCN(Cc2ccccc2)C1. The van der Waals surface area contributed by atoms with Crippen LogP contribution < -0.4 is 5.32 Å². The topological polar surface area (TPSA) is 35.5 Å². The van der Waals surface area contributed by atoms with Crippen molar-refractivity contribution in [2.24, 2.45) is 16.7 Å². The predicted octanol–water partition coefficient (Wildman–Crippen LogP) is 3.53. The van der Waals surface area contributed by atoms with Gasteiger partial charge in [-0.25, -0.2) is 0 Å². The monoisotopic (exact) mass is 332 g/mol. The number of nitrogens with one attached hydrogen (secondary N) is 1. The lowest BCUT2D eigenvalue weighted by Crippen LogP contribution is -2.47. The maximum Gasteiger partial charge on any atom is 0.0687 e. The second-order valence-electron chi connectivity index (χ2n) is 8.92. The number of benzene rings is 1. The second kappa shape index (κ2) is 7.99. The number of nitrogens with zero attached hydrogens (tertiary/aromatic N) is 1. The predicted molar refractivity (Wildman–Crippen MR) is 102 cm³/mol. The van der Waals surface area contributed by atoms with Crippen LogP contribution in [0.25, 0.3) is 0 Å². The van der Waals surface area contributed by atoms with Crippen molar-refractivity contribution in [3.05, 3.63) is 35.9 Å². The van der Waals surface area contributed by atoms with Crippen LogP contribution >= 0.6 is 0 Å². The molecule has 0 saturated carbocycles. The molecule has 1 heterocycles. The highest BCUT2D eigenvalue weighted by atomic mass is 16.3. The average Bonchev–Trinajstić information content (AvgIpc) is 2.92. The average molecular weight is 333 g/mol. The summed E-state index contributed by atoms with van der Waals surface area (Å²) in [5, 5.41) is 13.6. The van der Waals surface area contributed by atoms with Crippen molar-refractivity contribution in [3.63, 3.8) is 0 Å². The number of aliphatic hydroxyl groups is 1. The quantitative estimate of drug-likeness (QED) is 0.802. The van der Waals surface area contributed by atoms with Crippen molar-refractivity contribution >= 4 is 0 Å². The maximum absolute atomic E-state index is 10.1. The van der Waals surface area contributed by atoms with Gasteiger partial charge in [0.1, 0.15) is 0 Å². The van der Waals surface area contributed by atoms with Gasteiger partial charge >= 0.3 is 0 Å². The molecule has 136 valence electrons. The Balaban J connectivity index is 1.97.